The van der Waals surface area contributed by atoms with Gasteiger partial charge in [-0.15, -0.1) is 0 Å². The predicted octanol–water partition coefficient (Wildman–Crippen LogP) is 1.48. The molecule has 0 spiro atoms. The lowest BCUT2D eigenvalue weighted by Gasteiger charge is -2.37. The van der Waals surface area contributed by atoms with E-state index in [1.807, 2.05) is 24.4 Å². The summed E-state index contributed by atoms with van der Waals surface area (Å²) in [4.78, 5) is 39.0. The molecule has 2 saturated heterocycles. The van der Waals surface area contributed by atoms with Crippen LogP contribution < -0.4 is 15.5 Å². The number of nitrogens with zero attached hydrogens (tertiary/aromatic N) is 3. The Morgan fingerprint density at radius 3 is 2.84 bits per heavy atom. The van der Waals surface area contributed by atoms with Crippen molar-refractivity contribution in [1.29, 1.82) is 0 Å². The van der Waals surface area contributed by atoms with Crippen LogP contribution in [0, 0.1) is 11.8 Å². The van der Waals surface area contributed by atoms with Gasteiger partial charge in [-0.3, -0.25) is 4.79 Å². The van der Waals surface area contributed by atoms with Gasteiger partial charge >= 0.3 is 5.97 Å². The quantitative estimate of drug-likeness (QED) is 0.522. The molecule has 0 aliphatic carbocycles. The van der Waals surface area contributed by atoms with Crippen molar-refractivity contribution in [3.63, 3.8) is 0 Å². The van der Waals surface area contributed by atoms with Gasteiger partial charge in [-0.25, -0.2) is 14.8 Å². The molecule has 5 rings (SSSR count). The fraction of sp³-hybridized carbons (Fsp3) is 0.391. The number of esters is 1. The largest absolute Gasteiger partial charge is 0.465 e. The topological polar surface area (TPSA) is 112 Å². The van der Waals surface area contributed by atoms with Crippen LogP contribution in [0.1, 0.15) is 22.3 Å². The molecule has 2 fully saturated rings. The number of amides is 1. The maximum Gasteiger partial charge on any atom is 0.337 e. The molecule has 9 heteroatoms. The predicted molar refractivity (Wildman–Crippen MR) is 119 cm³/mol. The van der Waals surface area contributed by atoms with Gasteiger partial charge in [0.1, 0.15) is 17.8 Å². The number of piperidine rings is 1. The Labute approximate surface area is 185 Å². The number of carbonyl (C=O) groups excluding carboxylic acids is 2. The molecule has 9 nitrogen and oxygen atoms in total. The summed E-state index contributed by atoms with van der Waals surface area (Å²) >= 11 is 0. The van der Waals surface area contributed by atoms with Gasteiger partial charge in [0.05, 0.1) is 24.0 Å². The Hall–Kier alpha value is -3.46. The molecule has 1 unspecified atom stereocenters. The third-order valence-electron chi connectivity index (χ3n) is 6.62. The van der Waals surface area contributed by atoms with Crippen molar-refractivity contribution in [2.24, 2.45) is 11.8 Å². The van der Waals surface area contributed by atoms with Crippen LogP contribution in [0.5, 0.6) is 0 Å². The van der Waals surface area contributed by atoms with Gasteiger partial charge in [0.2, 0.25) is 5.91 Å². The van der Waals surface area contributed by atoms with E-state index in [-0.39, 0.29) is 29.8 Å². The molecular formula is C23H26N6O3. The highest BCUT2D eigenvalue weighted by atomic mass is 16.5. The number of anilines is 1. The van der Waals surface area contributed by atoms with Gasteiger partial charge < -0.3 is 25.3 Å². The summed E-state index contributed by atoms with van der Waals surface area (Å²) in [7, 11) is 1.36. The Morgan fingerprint density at radius 1 is 1.19 bits per heavy atom. The number of benzene rings is 1. The number of ether oxygens (including phenoxy) is 1. The van der Waals surface area contributed by atoms with Crippen molar-refractivity contribution in [3.05, 3.63) is 54.0 Å². The van der Waals surface area contributed by atoms with Crippen LogP contribution >= 0.6 is 0 Å². The van der Waals surface area contributed by atoms with Crippen LogP contribution in [0.15, 0.2) is 42.9 Å². The van der Waals surface area contributed by atoms with E-state index in [4.69, 9.17) is 4.74 Å². The molecule has 3 atom stereocenters. The van der Waals surface area contributed by atoms with Crippen molar-refractivity contribution < 1.29 is 14.3 Å². The van der Waals surface area contributed by atoms with E-state index in [0.717, 1.165) is 41.9 Å². The van der Waals surface area contributed by atoms with Gasteiger partial charge in [-0.05, 0) is 36.1 Å². The van der Waals surface area contributed by atoms with E-state index < -0.39 is 0 Å². The number of methoxy groups -OCH3 is 1. The normalized spacial score (nSPS) is 22.5. The standard InChI is InChI=1S/C23H26N6O3/c1-32-23(31)15-4-2-14(3-5-15)10-26-22(30)18-11-24-12-19-16(18)7-9-29(19)21-17-6-8-25-20(17)27-13-28-21/h2-6,8,13,16,18-19,24H,7,9-12H2,1H3,(H,26,30)(H,25,27,28)/t16-,18?,19-/m0/s1. The molecule has 1 aromatic carbocycles. The second-order valence-corrected chi connectivity index (χ2v) is 8.32. The molecular weight excluding hydrogens is 408 g/mol. The van der Waals surface area contributed by atoms with Gasteiger partial charge in [-0.2, -0.15) is 0 Å². The molecule has 2 aliphatic heterocycles. The Bertz CT molecular complexity index is 1130. The fourth-order valence-electron chi connectivity index (χ4n) is 4.98. The first-order valence-corrected chi connectivity index (χ1v) is 10.9. The number of H-pyrrole nitrogens is 1. The van der Waals surface area contributed by atoms with Gasteiger partial charge in [0.25, 0.3) is 0 Å². The number of hydrogen-bond acceptors (Lipinski definition) is 7. The number of hydrogen-bond donors (Lipinski definition) is 3. The average Bonchev–Trinajstić information content (AvgIpc) is 3.49. The highest BCUT2D eigenvalue weighted by Gasteiger charge is 2.44. The molecule has 2 aromatic heterocycles. The van der Waals surface area contributed by atoms with Crippen LogP contribution in [-0.2, 0) is 16.1 Å². The molecule has 2 aliphatic rings. The van der Waals surface area contributed by atoms with E-state index >= 15 is 0 Å². The summed E-state index contributed by atoms with van der Waals surface area (Å²) in [6.07, 6.45) is 4.42. The van der Waals surface area contributed by atoms with Gasteiger partial charge in [-0.1, -0.05) is 12.1 Å². The monoisotopic (exact) mass is 434 g/mol. The zero-order valence-corrected chi connectivity index (χ0v) is 17.9. The molecule has 0 bridgehead atoms. The van der Waals surface area contributed by atoms with E-state index in [1.165, 1.54) is 7.11 Å². The summed E-state index contributed by atoms with van der Waals surface area (Å²) in [5.74, 6) is 0.780. The molecule has 1 amide bonds. The van der Waals surface area contributed by atoms with Gasteiger partial charge in [0.15, 0.2) is 0 Å². The maximum absolute atomic E-state index is 13.1. The molecule has 32 heavy (non-hydrogen) atoms. The summed E-state index contributed by atoms with van der Waals surface area (Å²) in [5, 5.41) is 7.54. The van der Waals surface area contributed by atoms with Crippen LogP contribution in [0.25, 0.3) is 11.0 Å². The number of aromatic amines is 1. The Morgan fingerprint density at radius 2 is 2.03 bits per heavy atom. The highest BCUT2D eigenvalue weighted by Crippen LogP contribution is 2.37. The number of carbonyl (C=O) groups is 2. The van der Waals surface area contributed by atoms with Crippen LogP contribution in [0.3, 0.4) is 0 Å². The summed E-state index contributed by atoms with van der Waals surface area (Å²) in [6.45, 7) is 2.80. The van der Waals surface area contributed by atoms with E-state index in [0.29, 0.717) is 18.7 Å². The third-order valence-corrected chi connectivity index (χ3v) is 6.62. The SMILES string of the molecule is COC(=O)c1ccc(CNC(=O)C2CNC[C@H]3[C@H]2CCN3c2ncnc3[nH]ccc23)cc1. The molecule has 0 saturated carbocycles. The minimum Gasteiger partial charge on any atom is -0.465 e. The van der Waals surface area contributed by atoms with Crippen molar-refractivity contribution >= 4 is 28.7 Å². The minimum atomic E-state index is -0.369. The summed E-state index contributed by atoms with van der Waals surface area (Å²) in [6, 6.07) is 9.32. The minimum absolute atomic E-state index is 0.0561. The maximum atomic E-state index is 13.1. The van der Waals surface area contributed by atoms with Crippen LogP contribution in [-0.4, -0.2) is 59.6 Å². The average molecular weight is 435 g/mol. The zero-order chi connectivity index (χ0) is 22.1. The smallest absolute Gasteiger partial charge is 0.337 e. The first-order chi connectivity index (χ1) is 15.7. The molecule has 0 radical (unpaired) electrons. The van der Waals surface area contributed by atoms with Crippen molar-refractivity contribution in [2.75, 3.05) is 31.6 Å². The fourth-order valence-corrected chi connectivity index (χ4v) is 4.98. The zero-order valence-electron chi connectivity index (χ0n) is 17.9. The lowest BCUT2D eigenvalue weighted by molar-refractivity contribution is -0.127. The number of aromatic nitrogens is 3. The third kappa shape index (κ3) is 3.69. The van der Waals surface area contributed by atoms with Crippen molar-refractivity contribution in [2.45, 2.75) is 19.0 Å². The second kappa shape index (κ2) is 8.58. The van der Waals surface area contributed by atoms with Crippen molar-refractivity contribution in [3.8, 4) is 0 Å². The first-order valence-electron chi connectivity index (χ1n) is 10.9. The summed E-state index contributed by atoms with van der Waals surface area (Å²) < 4.78 is 4.72. The molecule has 4 heterocycles. The Balaban J connectivity index is 1.26. The number of nitrogens with one attached hydrogen (secondary N) is 3. The molecule has 3 N–H and O–H groups in total. The number of fused-ring (bicyclic) bond motifs is 2. The molecule has 166 valence electrons. The van der Waals surface area contributed by atoms with Crippen LogP contribution in [0.2, 0.25) is 0 Å². The number of rotatable bonds is 5. The van der Waals surface area contributed by atoms with E-state index in [2.05, 4.69) is 30.5 Å². The van der Waals surface area contributed by atoms with Crippen molar-refractivity contribution in [1.82, 2.24) is 25.6 Å². The first kappa shape index (κ1) is 20.4. The van der Waals surface area contributed by atoms with E-state index in [9.17, 15) is 9.59 Å². The van der Waals surface area contributed by atoms with Crippen LogP contribution in [0.4, 0.5) is 5.82 Å². The lowest BCUT2D eigenvalue weighted by Crippen LogP contribution is -2.54. The van der Waals surface area contributed by atoms with E-state index in [1.54, 1.807) is 18.5 Å². The highest BCUT2D eigenvalue weighted by molar-refractivity contribution is 5.89. The molecule has 3 aromatic rings. The Kier molecular flexibility index (Phi) is 5.48. The van der Waals surface area contributed by atoms with Gasteiger partial charge in [0, 0.05) is 38.4 Å². The second-order valence-electron chi connectivity index (χ2n) is 8.32. The summed E-state index contributed by atoms with van der Waals surface area (Å²) in [5.41, 5.74) is 2.26. The lowest BCUT2D eigenvalue weighted by atomic mass is 9.82.